The molecule has 0 aliphatic heterocycles. The Hall–Kier alpha value is 0.552. The molecule has 0 aliphatic rings. The summed E-state index contributed by atoms with van der Waals surface area (Å²) in [5.41, 5.74) is 0. The first kappa shape index (κ1) is 9.12. The van der Waals surface area contributed by atoms with Crippen LogP contribution >= 0.6 is 8.25 Å². The standard InChI is InChI=1S/Al.HO3P/c;1-4(2)3/h;(H-,1,2,3)/q+3;/p+3. The van der Waals surface area contributed by atoms with Crippen molar-refractivity contribution in [3.8, 4) is 0 Å². The van der Waals surface area contributed by atoms with E-state index in [1.54, 1.807) is 0 Å². The minimum atomic E-state index is -2.87. The fourth-order valence-electron chi connectivity index (χ4n) is 0. The zero-order valence-electron chi connectivity index (χ0n) is 4.33. The van der Waals surface area contributed by atoms with E-state index in [2.05, 4.69) is 0 Å². The SMILES string of the molecule is O=[P+](O)O.[Al+3].[H+].[H+]. The van der Waals surface area contributed by atoms with Crippen molar-refractivity contribution in [2.24, 2.45) is 0 Å². The fraction of sp³-hybridized carbons (Fsp3) is 0. The summed E-state index contributed by atoms with van der Waals surface area (Å²) in [6.45, 7) is 0. The second kappa shape index (κ2) is 4.55. The quantitative estimate of drug-likeness (QED) is 0.325. The Morgan fingerprint density at radius 1 is 1.60 bits per heavy atom. The summed E-state index contributed by atoms with van der Waals surface area (Å²) in [7, 11) is -2.87. The molecule has 24 valence electrons. The van der Waals surface area contributed by atoms with Crippen LogP contribution in [0.3, 0.4) is 0 Å². The molecule has 0 radical (unpaired) electrons. The van der Waals surface area contributed by atoms with Crippen LogP contribution in [-0.2, 0) is 4.57 Å². The molecule has 3 nitrogen and oxygen atoms in total. The van der Waals surface area contributed by atoms with Gasteiger partial charge in [0.05, 0.1) is 0 Å². The van der Waals surface area contributed by atoms with Crippen LogP contribution in [0.1, 0.15) is 2.85 Å². The minimum Gasteiger partial charge on any atom is -0.134 e. The smallest absolute Gasteiger partial charge is 0.134 e. The molecule has 0 rings (SSSR count). The Morgan fingerprint density at radius 2 is 1.60 bits per heavy atom. The Bertz CT molecular complexity index is 35.9. The van der Waals surface area contributed by atoms with Gasteiger partial charge in [-0.1, -0.05) is 0 Å². The van der Waals surface area contributed by atoms with Crippen LogP contribution in [0.5, 0.6) is 0 Å². The molecular weight excluding hydrogens is 106 g/mol. The Labute approximate surface area is 43.7 Å². The van der Waals surface area contributed by atoms with E-state index < -0.39 is 8.25 Å². The molecule has 5 heavy (non-hydrogen) atoms. The molecule has 0 aromatic carbocycles. The first-order valence-electron chi connectivity index (χ1n) is 0.583. The van der Waals surface area contributed by atoms with Crippen molar-refractivity contribution in [3.63, 3.8) is 0 Å². The summed E-state index contributed by atoms with van der Waals surface area (Å²) in [5.74, 6) is 0. The molecule has 0 amide bonds. The average Bonchev–Trinajstić information content (AvgIpc) is 0.811. The summed E-state index contributed by atoms with van der Waals surface area (Å²) in [6.07, 6.45) is 0. The molecule has 0 bridgehead atoms. The third-order valence-corrected chi connectivity index (χ3v) is 0. The Balaban J connectivity index is -0.0000000150. The molecule has 0 aromatic rings. The third kappa shape index (κ3) is 97.2. The van der Waals surface area contributed by atoms with E-state index in [1.807, 2.05) is 0 Å². The van der Waals surface area contributed by atoms with Crippen LogP contribution in [0.15, 0.2) is 0 Å². The summed E-state index contributed by atoms with van der Waals surface area (Å²) < 4.78 is 8.70. The van der Waals surface area contributed by atoms with Gasteiger partial charge in [0.2, 0.25) is 0 Å². The van der Waals surface area contributed by atoms with Crippen molar-refractivity contribution >= 4 is 25.6 Å². The first-order chi connectivity index (χ1) is 1.73. The number of hydrogen-bond acceptors (Lipinski definition) is 1. The molecule has 0 aromatic heterocycles. The van der Waals surface area contributed by atoms with E-state index in [1.165, 1.54) is 0 Å². The summed E-state index contributed by atoms with van der Waals surface area (Å²) in [5, 5.41) is 0. The molecule has 0 atom stereocenters. The predicted molar refractivity (Wildman–Crippen MR) is 20.0 cm³/mol. The number of hydrogen-bond donors (Lipinski definition) is 2. The summed E-state index contributed by atoms with van der Waals surface area (Å²) in [4.78, 5) is 14.2. The van der Waals surface area contributed by atoms with E-state index in [4.69, 9.17) is 14.4 Å². The van der Waals surface area contributed by atoms with Gasteiger partial charge in [-0.2, -0.15) is 0 Å². The van der Waals surface area contributed by atoms with Gasteiger partial charge in [-0.3, -0.25) is 0 Å². The van der Waals surface area contributed by atoms with E-state index in [9.17, 15) is 0 Å². The molecule has 0 unspecified atom stereocenters. The zero-order chi connectivity index (χ0) is 3.58. The van der Waals surface area contributed by atoms with Crippen LogP contribution in [0, 0.1) is 0 Å². The zero-order valence-corrected chi connectivity index (χ0v) is 4.38. The second-order valence-electron chi connectivity index (χ2n) is 0.253. The van der Waals surface area contributed by atoms with Crippen molar-refractivity contribution in [2.75, 3.05) is 0 Å². The predicted octanol–water partition coefficient (Wildman–Crippen LogP) is -0.527. The van der Waals surface area contributed by atoms with E-state index in [0.717, 1.165) is 0 Å². The van der Waals surface area contributed by atoms with Crippen molar-refractivity contribution in [1.29, 1.82) is 0 Å². The van der Waals surface area contributed by atoms with Crippen LogP contribution < -0.4 is 0 Å². The monoisotopic (exact) mass is 110 g/mol. The summed E-state index contributed by atoms with van der Waals surface area (Å²) in [6, 6.07) is 0. The molecule has 0 saturated heterocycles. The molecule has 2 N–H and O–H groups in total. The molecule has 0 aliphatic carbocycles. The normalized spacial score (nSPS) is 5.20. The van der Waals surface area contributed by atoms with Crippen LogP contribution in [0.25, 0.3) is 0 Å². The minimum absolute atomic E-state index is 0. The maximum atomic E-state index is 8.70. The van der Waals surface area contributed by atoms with Crippen molar-refractivity contribution in [2.45, 2.75) is 0 Å². The van der Waals surface area contributed by atoms with E-state index in [-0.39, 0.29) is 20.2 Å². The average molecular weight is 110 g/mol. The van der Waals surface area contributed by atoms with Gasteiger partial charge in [-0.15, -0.1) is 9.79 Å². The van der Waals surface area contributed by atoms with Crippen molar-refractivity contribution < 1.29 is 17.2 Å². The van der Waals surface area contributed by atoms with Gasteiger partial charge in [-0.25, -0.2) is 0 Å². The third-order valence-electron chi connectivity index (χ3n) is 0. The summed E-state index contributed by atoms with van der Waals surface area (Å²) >= 11 is 0. The van der Waals surface area contributed by atoms with Crippen LogP contribution in [-0.4, -0.2) is 27.1 Å². The molecule has 5 heteroatoms. The molecule has 0 saturated carbocycles. The Morgan fingerprint density at radius 3 is 1.60 bits per heavy atom. The van der Waals surface area contributed by atoms with Crippen molar-refractivity contribution in [1.82, 2.24) is 0 Å². The maximum Gasteiger partial charge on any atom is 3.00 e. The van der Waals surface area contributed by atoms with Gasteiger partial charge in [0.15, 0.2) is 0 Å². The van der Waals surface area contributed by atoms with E-state index in [0.29, 0.717) is 0 Å². The topological polar surface area (TPSA) is 57.5 Å². The molecular formula is H4AlO3P+6. The van der Waals surface area contributed by atoms with Gasteiger partial charge in [0.1, 0.15) is 0 Å². The fourth-order valence-corrected chi connectivity index (χ4v) is 0. The van der Waals surface area contributed by atoms with Gasteiger partial charge in [0, 0.05) is 4.57 Å². The number of rotatable bonds is 0. The van der Waals surface area contributed by atoms with Gasteiger partial charge >= 0.3 is 28.5 Å². The van der Waals surface area contributed by atoms with Crippen molar-refractivity contribution in [3.05, 3.63) is 0 Å². The van der Waals surface area contributed by atoms with Gasteiger partial charge < -0.3 is 0 Å². The van der Waals surface area contributed by atoms with Crippen LogP contribution in [0.2, 0.25) is 0 Å². The van der Waals surface area contributed by atoms with Gasteiger partial charge in [-0.05, 0) is 0 Å². The molecule has 0 spiro atoms. The Kier molecular flexibility index (Phi) is 8.30. The largest absolute Gasteiger partial charge is 3.00 e. The second-order valence-corrected chi connectivity index (χ2v) is 0.758. The van der Waals surface area contributed by atoms with E-state index >= 15 is 0 Å². The molecule has 0 heterocycles. The first-order valence-corrected chi connectivity index (χ1v) is 1.75. The van der Waals surface area contributed by atoms with Crippen LogP contribution in [0.4, 0.5) is 0 Å². The maximum absolute atomic E-state index is 8.70. The molecule has 0 fully saturated rings. The van der Waals surface area contributed by atoms with Gasteiger partial charge in [0.25, 0.3) is 0 Å².